The Morgan fingerprint density at radius 1 is 1.54 bits per heavy atom. The number of hydrogen-bond donors (Lipinski definition) is 0. The van der Waals surface area contributed by atoms with Gasteiger partial charge in [0.2, 0.25) is 0 Å². The molecule has 3 nitrogen and oxygen atoms in total. The zero-order valence-corrected chi connectivity index (χ0v) is 7.86. The van der Waals surface area contributed by atoms with E-state index in [2.05, 4.69) is 9.97 Å². The lowest BCUT2D eigenvalue weighted by Gasteiger charge is -2.01. The van der Waals surface area contributed by atoms with Crippen LogP contribution in [0.25, 0.3) is 0 Å². The molecule has 0 atom stereocenters. The Hall–Kier alpha value is -0.960. The van der Waals surface area contributed by atoms with Gasteiger partial charge in [-0.1, -0.05) is 0 Å². The summed E-state index contributed by atoms with van der Waals surface area (Å²) >= 11 is 0. The van der Waals surface area contributed by atoms with Crippen LogP contribution in [0, 0.1) is 5.92 Å². The standard InChI is InChI=1S/C10H14N2O/c1-13-7-9-4-5-11-10(12-9)6-8-2-3-8/h4-5,8H,2-3,6-7H2,1H3. The molecule has 13 heavy (non-hydrogen) atoms. The average molecular weight is 178 g/mol. The molecule has 0 saturated heterocycles. The first-order chi connectivity index (χ1) is 6.38. The highest BCUT2D eigenvalue weighted by Gasteiger charge is 2.22. The van der Waals surface area contributed by atoms with Gasteiger partial charge in [0.05, 0.1) is 12.3 Å². The molecule has 0 radical (unpaired) electrons. The van der Waals surface area contributed by atoms with Crippen molar-refractivity contribution in [2.75, 3.05) is 7.11 Å². The molecule has 3 heteroatoms. The van der Waals surface area contributed by atoms with Crippen LogP contribution in [-0.2, 0) is 17.8 Å². The van der Waals surface area contributed by atoms with Gasteiger partial charge in [0, 0.05) is 19.7 Å². The van der Waals surface area contributed by atoms with E-state index < -0.39 is 0 Å². The number of aromatic nitrogens is 2. The Kier molecular flexibility index (Phi) is 2.54. The first-order valence-corrected chi connectivity index (χ1v) is 4.68. The second kappa shape index (κ2) is 3.83. The molecule has 1 fully saturated rings. The molecule has 0 aliphatic heterocycles. The van der Waals surface area contributed by atoms with Crippen molar-refractivity contribution in [1.29, 1.82) is 0 Å². The molecule has 0 N–H and O–H groups in total. The molecule has 2 rings (SSSR count). The maximum Gasteiger partial charge on any atom is 0.128 e. The molecule has 70 valence electrons. The van der Waals surface area contributed by atoms with Gasteiger partial charge < -0.3 is 4.74 Å². The average Bonchev–Trinajstić information content (AvgIpc) is 2.90. The van der Waals surface area contributed by atoms with Gasteiger partial charge in [-0.15, -0.1) is 0 Å². The maximum atomic E-state index is 5.01. The summed E-state index contributed by atoms with van der Waals surface area (Å²) in [5.74, 6) is 1.81. The third-order valence-electron chi connectivity index (χ3n) is 2.22. The van der Waals surface area contributed by atoms with Gasteiger partial charge in [0.25, 0.3) is 0 Å². The van der Waals surface area contributed by atoms with Gasteiger partial charge in [0.1, 0.15) is 5.82 Å². The lowest BCUT2D eigenvalue weighted by Crippen LogP contribution is -2.00. The van der Waals surface area contributed by atoms with Gasteiger partial charge in [-0.05, 0) is 24.8 Å². The summed E-state index contributed by atoms with van der Waals surface area (Å²) in [5, 5.41) is 0. The van der Waals surface area contributed by atoms with Crippen LogP contribution in [-0.4, -0.2) is 17.1 Å². The quantitative estimate of drug-likeness (QED) is 0.702. The third kappa shape index (κ3) is 2.49. The van der Waals surface area contributed by atoms with Crippen LogP contribution >= 0.6 is 0 Å². The van der Waals surface area contributed by atoms with Crippen LogP contribution in [0.3, 0.4) is 0 Å². The van der Waals surface area contributed by atoms with E-state index in [4.69, 9.17) is 4.74 Å². The molecule has 0 aromatic carbocycles. The van der Waals surface area contributed by atoms with Crippen molar-refractivity contribution in [3.05, 3.63) is 23.8 Å². The molecule has 1 heterocycles. The molecular weight excluding hydrogens is 164 g/mol. The highest BCUT2D eigenvalue weighted by atomic mass is 16.5. The fourth-order valence-corrected chi connectivity index (χ4v) is 1.35. The first kappa shape index (κ1) is 8.63. The molecule has 0 amide bonds. The minimum atomic E-state index is 0.584. The van der Waals surface area contributed by atoms with E-state index in [-0.39, 0.29) is 0 Å². The summed E-state index contributed by atoms with van der Waals surface area (Å²) in [5.41, 5.74) is 0.980. The Bertz CT molecular complexity index is 284. The topological polar surface area (TPSA) is 35.0 Å². The fourth-order valence-electron chi connectivity index (χ4n) is 1.35. The summed E-state index contributed by atoms with van der Waals surface area (Å²) in [6, 6.07) is 1.90. The fraction of sp³-hybridized carbons (Fsp3) is 0.600. The van der Waals surface area contributed by atoms with Crippen LogP contribution < -0.4 is 0 Å². The molecule has 0 bridgehead atoms. The van der Waals surface area contributed by atoms with Crippen molar-refractivity contribution < 1.29 is 4.74 Å². The zero-order valence-electron chi connectivity index (χ0n) is 7.86. The molecule has 1 aliphatic carbocycles. The summed E-state index contributed by atoms with van der Waals surface area (Å²) in [6.07, 6.45) is 5.55. The predicted octanol–water partition coefficient (Wildman–Crippen LogP) is 1.58. The number of nitrogens with zero attached hydrogens (tertiary/aromatic N) is 2. The van der Waals surface area contributed by atoms with Crippen LogP contribution in [0.15, 0.2) is 12.3 Å². The van der Waals surface area contributed by atoms with Crippen molar-refractivity contribution >= 4 is 0 Å². The predicted molar refractivity (Wildman–Crippen MR) is 49.2 cm³/mol. The SMILES string of the molecule is COCc1ccnc(CC2CC2)n1. The summed E-state index contributed by atoms with van der Waals surface area (Å²) in [4.78, 5) is 8.64. The van der Waals surface area contributed by atoms with Gasteiger partial charge in [-0.3, -0.25) is 0 Å². The summed E-state index contributed by atoms with van der Waals surface area (Å²) < 4.78 is 5.01. The molecule has 0 spiro atoms. The highest BCUT2D eigenvalue weighted by Crippen LogP contribution is 2.31. The minimum Gasteiger partial charge on any atom is -0.378 e. The van der Waals surface area contributed by atoms with Crippen molar-refractivity contribution in [2.24, 2.45) is 5.92 Å². The van der Waals surface area contributed by atoms with Gasteiger partial charge >= 0.3 is 0 Å². The molecule has 0 unspecified atom stereocenters. The lowest BCUT2D eigenvalue weighted by molar-refractivity contribution is 0.181. The van der Waals surface area contributed by atoms with E-state index in [1.165, 1.54) is 12.8 Å². The van der Waals surface area contributed by atoms with Gasteiger partial charge in [0.15, 0.2) is 0 Å². The van der Waals surface area contributed by atoms with E-state index in [0.29, 0.717) is 6.61 Å². The van der Waals surface area contributed by atoms with Gasteiger partial charge in [-0.2, -0.15) is 0 Å². The summed E-state index contributed by atoms with van der Waals surface area (Å²) in [7, 11) is 1.68. The third-order valence-corrected chi connectivity index (χ3v) is 2.22. The molecule has 1 aromatic heterocycles. The van der Waals surface area contributed by atoms with Crippen LogP contribution in [0.1, 0.15) is 24.4 Å². The number of methoxy groups -OCH3 is 1. The Morgan fingerprint density at radius 2 is 2.38 bits per heavy atom. The zero-order chi connectivity index (χ0) is 9.10. The van der Waals surface area contributed by atoms with E-state index in [1.54, 1.807) is 7.11 Å². The van der Waals surface area contributed by atoms with E-state index in [0.717, 1.165) is 23.9 Å². The normalized spacial score (nSPS) is 16.1. The van der Waals surface area contributed by atoms with Crippen LogP contribution in [0.5, 0.6) is 0 Å². The lowest BCUT2D eigenvalue weighted by atomic mass is 10.3. The number of hydrogen-bond acceptors (Lipinski definition) is 3. The van der Waals surface area contributed by atoms with Crippen molar-refractivity contribution in [3.8, 4) is 0 Å². The van der Waals surface area contributed by atoms with Crippen molar-refractivity contribution in [2.45, 2.75) is 25.9 Å². The van der Waals surface area contributed by atoms with Gasteiger partial charge in [-0.25, -0.2) is 9.97 Å². The molecule has 1 saturated carbocycles. The summed E-state index contributed by atoms with van der Waals surface area (Å²) in [6.45, 7) is 0.584. The molecular formula is C10H14N2O. The highest BCUT2D eigenvalue weighted by molar-refractivity contribution is 5.02. The number of ether oxygens (including phenoxy) is 1. The Morgan fingerprint density at radius 3 is 3.08 bits per heavy atom. The first-order valence-electron chi connectivity index (χ1n) is 4.68. The smallest absolute Gasteiger partial charge is 0.128 e. The monoisotopic (exact) mass is 178 g/mol. The molecule has 1 aromatic rings. The maximum absolute atomic E-state index is 5.01. The van der Waals surface area contributed by atoms with E-state index in [9.17, 15) is 0 Å². The molecule has 1 aliphatic rings. The number of rotatable bonds is 4. The Labute approximate surface area is 78.2 Å². The van der Waals surface area contributed by atoms with E-state index >= 15 is 0 Å². The van der Waals surface area contributed by atoms with Crippen LogP contribution in [0.4, 0.5) is 0 Å². The van der Waals surface area contributed by atoms with Crippen molar-refractivity contribution in [3.63, 3.8) is 0 Å². The second-order valence-corrected chi connectivity index (χ2v) is 3.54. The second-order valence-electron chi connectivity index (χ2n) is 3.54. The van der Waals surface area contributed by atoms with Crippen molar-refractivity contribution in [1.82, 2.24) is 9.97 Å². The van der Waals surface area contributed by atoms with Crippen LogP contribution in [0.2, 0.25) is 0 Å². The Balaban J connectivity index is 2.02. The minimum absolute atomic E-state index is 0.584. The largest absolute Gasteiger partial charge is 0.378 e. The van der Waals surface area contributed by atoms with E-state index in [1.807, 2.05) is 12.3 Å².